The third-order valence-electron chi connectivity index (χ3n) is 4.90. The summed E-state index contributed by atoms with van der Waals surface area (Å²) in [5.74, 6) is 3.93. The van der Waals surface area contributed by atoms with E-state index in [4.69, 9.17) is 9.47 Å². The smallest absolute Gasteiger partial charge is 0.135 e. The Labute approximate surface area is 170 Å². The van der Waals surface area contributed by atoms with Gasteiger partial charge in [-0.15, -0.1) is 0 Å². The van der Waals surface area contributed by atoms with Gasteiger partial charge >= 0.3 is 0 Å². The predicted molar refractivity (Wildman–Crippen MR) is 121 cm³/mol. The topological polar surface area (TPSA) is 18.5 Å². The van der Waals surface area contributed by atoms with E-state index in [1.165, 1.54) is 19.3 Å². The van der Waals surface area contributed by atoms with Crippen LogP contribution < -0.4 is 9.47 Å². The molecular formula is C26H34O2. The van der Waals surface area contributed by atoms with Crippen molar-refractivity contribution in [1.82, 2.24) is 0 Å². The third kappa shape index (κ3) is 7.26. The van der Waals surface area contributed by atoms with Gasteiger partial charge in [-0.3, -0.25) is 0 Å². The van der Waals surface area contributed by atoms with E-state index in [9.17, 15) is 0 Å². The lowest BCUT2D eigenvalue weighted by molar-refractivity contribution is 0.275. The molecule has 2 heteroatoms. The van der Waals surface area contributed by atoms with E-state index >= 15 is 0 Å². The van der Waals surface area contributed by atoms with Crippen molar-refractivity contribution in [1.29, 1.82) is 0 Å². The molecule has 0 amide bonds. The highest BCUT2D eigenvalue weighted by atomic mass is 16.5. The molecule has 0 radical (unpaired) electrons. The first-order valence-corrected chi connectivity index (χ1v) is 10.3. The Morgan fingerprint density at radius 3 is 2.21 bits per heavy atom. The fourth-order valence-corrected chi connectivity index (χ4v) is 3.06. The maximum absolute atomic E-state index is 6.03. The van der Waals surface area contributed by atoms with Crippen LogP contribution in [0.15, 0.2) is 55.6 Å². The Balaban J connectivity index is 1.83. The molecule has 28 heavy (non-hydrogen) atoms. The molecule has 2 nitrogen and oxygen atoms in total. The van der Waals surface area contributed by atoms with E-state index in [0.29, 0.717) is 5.92 Å². The lowest BCUT2D eigenvalue weighted by atomic mass is 9.98. The number of hydrogen-bond donors (Lipinski definition) is 0. The largest absolute Gasteiger partial charge is 0.494 e. The van der Waals surface area contributed by atoms with Gasteiger partial charge in [0, 0.05) is 5.56 Å². The molecule has 2 aromatic carbocycles. The summed E-state index contributed by atoms with van der Waals surface area (Å²) in [6.07, 6.45) is 8.60. The van der Waals surface area contributed by atoms with Crippen molar-refractivity contribution in [2.75, 3.05) is 6.61 Å². The van der Waals surface area contributed by atoms with Crippen molar-refractivity contribution < 1.29 is 9.47 Å². The zero-order chi connectivity index (χ0) is 20.4. The van der Waals surface area contributed by atoms with E-state index in [1.807, 2.05) is 42.5 Å². The summed E-state index contributed by atoms with van der Waals surface area (Å²) in [5, 5.41) is 0. The normalized spacial score (nSPS) is 11.9. The molecule has 0 saturated carbocycles. The van der Waals surface area contributed by atoms with Gasteiger partial charge in [0.2, 0.25) is 0 Å². The Bertz CT molecular complexity index is 744. The summed E-state index contributed by atoms with van der Waals surface area (Å²) in [5.41, 5.74) is 1.97. The highest BCUT2D eigenvalue weighted by Gasteiger charge is 2.06. The SMILES string of the molecule is C=Cc1ccc(C=C)c(Oc2ccc(OCCC(C)CCCC(C)C)cc2)c1. The highest BCUT2D eigenvalue weighted by Crippen LogP contribution is 2.29. The second kappa shape index (κ2) is 11.4. The number of ether oxygens (including phenoxy) is 2. The lowest BCUT2D eigenvalue weighted by Gasteiger charge is -2.14. The molecule has 150 valence electrons. The van der Waals surface area contributed by atoms with Gasteiger partial charge < -0.3 is 9.47 Å². The van der Waals surface area contributed by atoms with Crippen LogP contribution in [0.2, 0.25) is 0 Å². The van der Waals surface area contributed by atoms with E-state index < -0.39 is 0 Å². The zero-order valence-corrected chi connectivity index (χ0v) is 17.6. The van der Waals surface area contributed by atoms with Gasteiger partial charge in [-0.05, 0) is 54.2 Å². The van der Waals surface area contributed by atoms with Crippen LogP contribution in [-0.2, 0) is 0 Å². The molecule has 0 saturated heterocycles. The minimum absolute atomic E-state index is 0.704. The molecular weight excluding hydrogens is 344 g/mol. The number of benzene rings is 2. The van der Waals surface area contributed by atoms with Crippen LogP contribution >= 0.6 is 0 Å². The molecule has 0 aliphatic heterocycles. The summed E-state index contributed by atoms with van der Waals surface area (Å²) < 4.78 is 11.9. The summed E-state index contributed by atoms with van der Waals surface area (Å²) in [6, 6.07) is 13.8. The Kier molecular flexibility index (Phi) is 8.87. The predicted octanol–water partition coefficient (Wildman–Crippen LogP) is 8.00. The quantitative estimate of drug-likeness (QED) is 0.372. The molecule has 0 aliphatic rings. The molecule has 0 N–H and O–H groups in total. The first-order chi connectivity index (χ1) is 13.5. The van der Waals surface area contributed by atoms with Crippen molar-refractivity contribution in [2.24, 2.45) is 11.8 Å². The van der Waals surface area contributed by atoms with E-state index in [0.717, 1.165) is 47.3 Å². The fraction of sp³-hybridized carbons (Fsp3) is 0.385. The van der Waals surface area contributed by atoms with Crippen LogP contribution in [-0.4, -0.2) is 6.61 Å². The molecule has 0 heterocycles. The average Bonchev–Trinajstić information content (AvgIpc) is 2.69. The van der Waals surface area contributed by atoms with Crippen LogP contribution in [0.1, 0.15) is 57.6 Å². The van der Waals surface area contributed by atoms with Crippen molar-refractivity contribution >= 4 is 12.2 Å². The molecule has 1 atom stereocenters. The van der Waals surface area contributed by atoms with Crippen LogP contribution in [0.5, 0.6) is 17.2 Å². The molecule has 0 bridgehead atoms. The van der Waals surface area contributed by atoms with Gasteiger partial charge in [-0.25, -0.2) is 0 Å². The first kappa shape index (κ1) is 21.8. The van der Waals surface area contributed by atoms with Crippen LogP contribution in [0.3, 0.4) is 0 Å². The summed E-state index contributed by atoms with van der Waals surface area (Å²) in [6.45, 7) is 15.3. The molecule has 0 spiro atoms. The van der Waals surface area contributed by atoms with Crippen LogP contribution in [0, 0.1) is 11.8 Å². The Hall–Kier alpha value is -2.48. The first-order valence-electron chi connectivity index (χ1n) is 10.3. The maximum atomic E-state index is 6.03. The van der Waals surface area contributed by atoms with E-state index in [2.05, 4.69) is 33.9 Å². The van der Waals surface area contributed by atoms with Crippen LogP contribution in [0.25, 0.3) is 12.2 Å². The Morgan fingerprint density at radius 1 is 0.857 bits per heavy atom. The molecule has 2 rings (SSSR count). The van der Waals surface area contributed by atoms with Gasteiger partial charge in [0.1, 0.15) is 17.2 Å². The molecule has 2 aromatic rings. The molecule has 0 fully saturated rings. The van der Waals surface area contributed by atoms with Gasteiger partial charge in [0.05, 0.1) is 6.61 Å². The van der Waals surface area contributed by atoms with Gasteiger partial charge in [-0.2, -0.15) is 0 Å². The summed E-state index contributed by atoms with van der Waals surface area (Å²) >= 11 is 0. The van der Waals surface area contributed by atoms with Crippen molar-refractivity contribution in [3.8, 4) is 17.2 Å². The van der Waals surface area contributed by atoms with Crippen LogP contribution in [0.4, 0.5) is 0 Å². The number of rotatable bonds is 12. The third-order valence-corrected chi connectivity index (χ3v) is 4.90. The second-order valence-electron chi connectivity index (χ2n) is 7.85. The van der Waals surface area contributed by atoms with Gasteiger partial charge in [-0.1, -0.05) is 77.5 Å². The average molecular weight is 379 g/mol. The lowest BCUT2D eigenvalue weighted by Crippen LogP contribution is -2.04. The molecule has 0 aliphatic carbocycles. The Morgan fingerprint density at radius 2 is 1.57 bits per heavy atom. The summed E-state index contributed by atoms with van der Waals surface area (Å²) in [4.78, 5) is 0. The van der Waals surface area contributed by atoms with Gasteiger partial charge in [0.25, 0.3) is 0 Å². The summed E-state index contributed by atoms with van der Waals surface area (Å²) in [7, 11) is 0. The van der Waals surface area contributed by atoms with Crippen molar-refractivity contribution in [3.63, 3.8) is 0 Å². The standard InChI is InChI=1S/C26H34O2/c1-6-22-11-12-23(7-2)26(19-22)28-25-15-13-24(14-16-25)27-18-17-21(5)10-8-9-20(3)4/h6-7,11-16,19-21H,1-2,8-10,17-18H2,3-5H3. The molecule has 1 unspecified atom stereocenters. The zero-order valence-electron chi connectivity index (χ0n) is 17.6. The van der Waals surface area contributed by atoms with Crippen molar-refractivity contribution in [3.05, 3.63) is 66.7 Å². The molecule has 0 aromatic heterocycles. The minimum atomic E-state index is 0.704. The monoisotopic (exact) mass is 378 g/mol. The van der Waals surface area contributed by atoms with Crippen molar-refractivity contribution in [2.45, 2.75) is 46.5 Å². The highest BCUT2D eigenvalue weighted by molar-refractivity contribution is 5.61. The fourth-order valence-electron chi connectivity index (χ4n) is 3.06. The van der Waals surface area contributed by atoms with E-state index in [1.54, 1.807) is 12.2 Å². The van der Waals surface area contributed by atoms with E-state index in [-0.39, 0.29) is 0 Å². The maximum Gasteiger partial charge on any atom is 0.135 e. The van der Waals surface area contributed by atoms with Gasteiger partial charge in [0.15, 0.2) is 0 Å². The number of hydrogen-bond acceptors (Lipinski definition) is 2. The minimum Gasteiger partial charge on any atom is -0.494 e. The second-order valence-corrected chi connectivity index (χ2v) is 7.85.